The topological polar surface area (TPSA) is 162 Å². The Labute approximate surface area is 194 Å². The van der Waals surface area contributed by atoms with Crippen molar-refractivity contribution in [3.63, 3.8) is 0 Å². The van der Waals surface area contributed by atoms with Crippen molar-refractivity contribution in [2.24, 2.45) is 0 Å². The number of aliphatic hydroxyl groups is 1. The van der Waals surface area contributed by atoms with Crippen molar-refractivity contribution < 1.29 is 28.9 Å². The minimum Gasteiger partial charge on any atom is -0.463 e. The number of ether oxygens (including phenoxy) is 3. The van der Waals surface area contributed by atoms with Crippen LogP contribution < -0.4 is 5.73 Å². The first-order chi connectivity index (χ1) is 16.4. The van der Waals surface area contributed by atoms with Crippen molar-refractivity contribution in [1.29, 1.82) is 5.26 Å². The van der Waals surface area contributed by atoms with E-state index in [1.165, 1.54) is 16.9 Å². The van der Waals surface area contributed by atoms with Gasteiger partial charge in [-0.3, -0.25) is 9.59 Å². The van der Waals surface area contributed by atoms with Crippen molar-refractivity contribution in [3.05, 3.63) is 60.0 Å². The summed E-state index contributed by atoms with van der Waals surface area (Å²) >= 11 is 0. The van der Waals surface area contributed by atoms with E-state index in [-0.39, 0.29) is 31.0 Å². The highest BCUT2D eigenvalue weighted by atomic mass is 16.6. The summed E-state index contributed by atoms with van der Waals surface area (Å²) in [5.74, 6) is -0.970. The van der Waals surface area contributed by atoms with Gasteiger partial charge in [0, 0.05) is 6.42 Å². The van der Waals surface area contributed by atoms with Crippen molar-refractivity contribution in [2.45, 2.75) is 43.7 Å². The number of carbonyl (C=O) groups is 2. The second kappa shape index (κ2) is 9.46. The van der Waals surface area contributed by atoms with Crippen LogP contribution in [0.4, 0.5) is 5.82 Å². The fourth-order valence-electron chi connectivity index (χ4n) is 3.91. The highest BCUT2D eigenvalue weighted by Gasteiger charge is 2.60. The third-order valence-corrected chi connectivity index (χ3v) is 5.62. The Morgan fingerprint density at radius 1 is 1.26 bits per heavy atom. The Bertz CT molecular complexity index is 1240. The summed E-state index contributed by atoms with van der Waals surface area (Å²) in [5, 5.41) is 25.5. The predicted molar refractivity (Wildman–Crippen MR) is 117 cm³/mol. The van der Waals surface area contributed by atoms with Crippen LogP contribution in [-0.2, 0) is 35.8 Å². The van der Waals surface area contributed by atoms with E-state index in [1.54, 1.807) is 37.3 Å². The number of nitrogens with two attached hydrogens (primary N) is 1. The molecule has 34 heavy (non-hydrogen) atoms. The molecule has 11 heteroatoms. The first kappa shape index (κ1) is 23.2. The van der Waals surface area contributed by atoms with E-state index >= 15 is 0 Å². The summed E-state index contributed by atoms with van der Waals surface area (Å²) < 4.78 is 18.1. The second-order valence-corrected chi connectivity index (χ2v) is 7.76. The van der Waals surface area contributed by atoms with Crippen LogP contribution in [0.25, 0.3) is 5.52 Å². The van der Waals surface area contributed by atoms with Crippen LogP contribution in [0.1, 0.15) is 24.6 Å². The molecule has 0 aliphatic carbocycles. The van der Waals surface area contributed by atoms with Crippen LogP contribution in [0.2, 0.25) is 0 Å². The molecular formula is C23H23N5O6. The molecule has 3 heterocycles. The minimum absolute atomic E-state index is 0.0527. The molecule has 0 amide bonds. The molecule has 3 N–H and O–H groups in total. The first-order valence-corrected chi connectivity index (χ1v) is 10.6. The van der Waals surface area contributed by atoms with Crippen LogP contribution in [0.3, 0.4) is 0 Å². The number of fused-ring (bicyclic) bond motifs is 1. The smallest absolute Gasteiger partial charge is 0.310 e. The first-order valence-electron chi connectivity index (χ1n) is 10.6. The van der Waals surface area contributed by atoms with E-state index in [0.29, 0.717) is 11.1 Å². The van der Waals surface area contributed by atoms with Gasteiger partial charge in [0.1, 0.15) is 36.7 Å². The number of esters is 2. The maximum Gasteiger partial charge on any atom is 0.310 e. The van der Waals surface area contributed by atoms with E-state index in [9.17, 15) is 20.0 Å². The van der Waals surface area contributed by atoms with E-state index in [4.69, 9.17) is 19.9 Å². The zero-order valence-electron chi connectivity index (χ0n) is 18.3. The Morgan fingerprint density at radius 3 is 2.74 bits per heavy atom. The largest absolute Gasteiger partial charge is 0.463 e. The molecule has 4 atom stereocenters. The van der Waals surface area contributed by atoms with Gasteiger partial charge in [0.05, 0.1) is 12.1 Å². The number of carbonyl (C=O) groups excluding carboxylic acids is 2. The highest BCUT2D eigenvalue weighted by Crippen LogP contribution is 2.41. The lowest BCUT2D eigenvalue weighted by Crippen LogP contribution is -2.43. The number of nitriles is 1. The predicted octanol–water partition coefficient (Wildman–Crippen LogP) is 0.898. The van der Waals surface area contributed by atoms with Crippen LogP contribution in [0.15, 0.2) is 48.8 Å². The molecular weight excluding hydrogens is 442 g/mol. The average molecular weight is 465 g/mol. The molecule has 1 aromatic carbocycles. The Kier molecular flexibility index (Phi) is 6.45. The molecule has 1 aliphatic heterocycles. The van der Waals surface area contributed by atoms with Crippen LogP contribution in [-0.4, -0.2) is 56.6 Å². The SMILES string of the molecule is CCC(=O)OC[C@H]1O[C@@](C#N)(c2ccc3c(N)ncnn23)[C@H](O)[C@@H]1OC(=O)Cc1ccccc1. The second-order valence-electron chi connectivity index (χ2n) is 7.76. The van der Waals surface area contributed by atoms with Crippen molar-refractivity contribution in [2.75, 3.05) is 12.3 Å². The molecule has 1 aliphatic rings. The Balaban J connectivity index is 1.67. The zero-order valence-corrected chi connectivity index (χ0v) is 18.3. The number of benzene rings is 1. The van der Waals surface area contributed by atoms with Crippen LogP contribution >= 0.6 is 0 Å². The van der Waals surface area contributed by atoms with E-state index in [1.807, 2.05) is 12.1 Å². The minimum atomic E-state index is -1.98. The van der Waals surface area contributed by atoms with Gasteiger partial charge in [-0.1, -0.05) is 37.3 Å². The fourth-order valence-corrected chi connectivity index (χ4v) is 3.91. The average Bonchev–Trinajstić information content (AvgIpc) is 3.39. The number of nitrogens with zero attached hydrogens (tertiary/aromatic N) is 4. The van der Waals surface area contributed by atoms with E-state index < -0.39 is 35.9 Å². The van der Waals surface area contributed by atoms with E-state index in [2.05, 4.69) is 10.1 Å². The number of aromatic nitrogens is 3. The molecule has 1 saturated heterocycles. The van der Waals surface area contributed by atoms with Gasteiger partial charge >= 0.3 is 11.9 Å². The maximum atomic E-state index is 12.7. The molecule has 0 radical (unpaired) electrons. The summed E-state index contributed by atoms with van der Waals surface area (Å²) in [6.45, 7) is 1.30. The van der Waals surface area contributed by atoms with Gasteiger partial charge in [0.2, 0.25) is 5.60 Å². The molecule has 0 saturated carbocycles. The number of aliphatic hydroxyl groups excluding tert-OH is 1. The molecule has 0 spiro atoms. The third-order valence-electron chi connectivity index (χ3n) is 5.62. The quantitative estimate of drug-likeness (QED) is 0.479. The molecule has 1 fully saturated rings. The molecule has 0 unspecified atom stereocenters. The summed E-state index contributed by atoms with van der Waals surface area (Å²) in [6.07, 6.45) is -2.73. The fraction of sp³-hybridized carbons (Fsp3) is 0.348. The van der Waals surface area contributed by atoms with Gasteiger partial charge in [-0.2, -0.15) is 10.4 Å². The summed E-state index contributed by atoms with van der Waals surface area (Å²) in [6, 6.07) is 14.0. The van der Waals surface area contributed by atoms with Crippen molar-refractivity contribution in [1.82, 2.24) is 14.6 Å². The van der Waals surface area contributed by atoms with Crippen molar-refractivity contribution in [3.8, 4) is 6.07 Å². The number of nitrogen functional groups attached to an aromatic ring is 1. The Morgan fingerprint density at radius 2 is 2.03 bits per heavy atom. The third kappa shape index (κ3) is 4.16. The van der Waals surface area contributed by atoms with Gasteiger partial charge in [-0.25, -0.2) is 9.50 Å². The van der Waals surface area contributed by atoms with Gasteiger partial charge in [0.25, 0.3) is 0 Å². The molecule has 4 rings (SSSR count). The van der Waals surface area contributed by atoms with Crippen molar-refractivity contribution >= 4 is 23.3 Å². The summed E-state index contributed by atoms with van der Waals surface area (Å²) in [7, 11) is 0. The number of hydrogen-bond donors (Lipinski definition) is 2. The van der Waals surface area contributed by atoms with Crippen LogP contribution in [0, 0.1) is 11.3 Å². The number of rotatable bonds is 7. The lowest BCUT2D eigenvalue weighted by Gasteiger charge is -2.24. The molecule has 0 bridgehead atoms. The molecule has 2 aromatic heterocycles. The Hall–Kier alpha value is -4.01. The molecule has 3 aromatic rings. The lowest BCUT2D eigenvalue weighted by molar-refractivity contribution is -0.159. The summed E-state index contributed by atoms with van der Waals surface area (Å²) in [5.41, 5.74) is 5.20. The van der Waals surface area contributed by atoms with Gasteiger partial charge in [-0.15, -0.1) is 0 Å². The van der Waals surface area contributed by atoms with Crippen LogP contribution in [0.5, 0.6) is 0 Å². The summed E-state index contributed by atoms with van der Waals surface area (Å²) in [4.78, 5) is 28.3. The lowest BCUT2D eigenvalue weighted by atomic mass is 9.92. The van der Waals surface area contributed by atoms with Gasteiger partial charge in [0.15, 0.2) is 11.9 Å². The standard InChI is InChI=1S/C23H23N5O6/c1-2-18(29)32-11-16-20(33-19(30)10-14-6-4-3-5-7-14)21(31)23(12-24,34-16)17-9-8-15-22(25)26-13-27-28(15)17/h3-9,13,16,20-21,31H,2,10-11H2,1H3,(H2,25,26,27)/t16-,20-,21-,23+/m1/s1. The maximum absolute atomic E-state index is 12.7. The van der Waals surface area contributed by atoms with Gasteiger partial charge in [-0.05, 0) is 17.7 Å². The monoisotopic (exact) mass is 465 g/mol. The molecule has 11 nitrogen and oxygen atoms in total. The zero-order chi connectivity index (χ0) is 24.3. The normalized spacial score (nSPS) is 24.0. The molecule has 176 valence electrons. The number of hydrogen-bond acceptors (Lipinski definition) is 10. The van der Waals surface area contributed by atoms with Gasteiger partial charge < -0.3 is 25.1 Å². The van der Waals surface area contributed by atoms with E-state index in [0.717, 1.165) is 0 Å². The highest BCUT2D eigenvalue weighted by molar-refractivity contribution is 5.73. The number of anilines is 1.